The lowest BCUT2D eigenvalue weighted by molar-refractivity contribution is -0.298. The van der Waals surface area contributed by atoms with Crippen molar-refractivity contribution in [1.29, 1.82) is 0 Å². The predicted octanol–water partition coefficient (Wildman–Crippen LogP) is 16.5. The van der Waals surface area contributed by atoms with Gasteiger partial charge in [0.25, 0.3) is 5.91 Å². The third-order valence-corrected chi connectivity index (χ3v) is 28.8. The molecule has 2 aromatic rings. The first-order chi connectivity index (χ1) is 48.8. The number of hydrogen-bond donors (Lipinski definition) is 3. The standard InChI is InChI=1S/C87H132N4O11/c1-13-73(88)82(96)91(74(81(89)95)38-39-77(94)98-50-59-26-16-14-17-27-59)76(93)53-99-80-78(90-58(8)92)83(100-51-60-28-18-15-19-29-60)102-75(52-97-63-40-44-84(9)61(48-63)30-32-65-69-36-34-67(56(6)24-20-22-54(2)3)86(69,11)46-42-71(65)84)79(80)101-64-41-45-85(10)62(49-64)31-33-66-70-37-35-68(57(7)25-21-23-55(4)5)87(70,12)47-43-72(66)85/h14-19,26-31,54-57,63-75,78-80,83H,13,20-25,32-53,88H2,1-12H3,(H2,89,95)(H,90,92)/t56-,57-,63-,64+,65?,66?,67-,68-,69?,70?,71?,72?,73?,74-,75-,78-,79-,80+,83+,84+,85+,86-,87-/m1/s1. The molecular formula is C87H132N4O11. The monoisotopic (exact) mass is 1410 g/mol. The zero-order valence-electron chi connectivity index (χ0n) is 64.7. The molecule has 102 heavy (non-hydrogen) atoms. The van der Waals surface area contributed by atoms with Crippen molar-refractivity contribution in [3.8, 4) is 0 Å². The summed E-state index contributed by atoms with van der Waals surface area (Å²) >= 11 is 0. The van der Waals surface area contributed by atoms with Gasteiger partial charge in [0.2, 0.25) is 17.7 Å². The lowest BCUT2D eigenvalue weighted by Gasteiger charge is -2.59. The normalized spacial score (nSPS) is 35.9. The van der Waals surface area contributed by atoms with Crippen molar-refractivity contribution in [1.82, 2.24) is 10.2 Å². The summed E-state index contributed by atoms with van der Waals surface area (Å²) in [5, 5.41) is 3.14. The molecular weight excluding hydrogens is 1280 g/mol. The van der Waals surface area contributed by atoms with Crippen LogP contribution >= 0.6 is 0 Å². The Morgan fingerprint density at radius 2 is 1.15 bits per heavy atom. The number of nitrogens with zero attached hydrogens (tertiary/aromatic N) is 1. The maximum atomic E-state index is 15.3. The van der Waals surface area contributed by atoms with E-state index >= 15 is 4.79 Å². The fourth-order valence-corrected chi connectivity index (χ4v) is 23.2. The van der Waals surface area contributed by atoms with Crippen LogP contribution in [0, 0.1) is 92.7 Å². The highest BCUT2D eigenvalue weighted by molar-refractivity contribution is 6.02. The van der Waals surface area contributed by atoms with E-state index in [1.165, 1.54) is 108 Å². The molecule has 7 unspecified atom stereocenters. The minimum Gasteiger partial charge on any atom is -0.461 e. The second-order valence-corrected chi connectivity index (χ2v) is 35.8. The Kier molecular flexibility index (Phi) is 26.1. The molecule has 15 nitrogen and oxygen atoms in total. The molecule has 4 amide bonds. The number of primary amides is 1. The number of carbonyl (C=O) groups is 5. The van der Waals surface area contributed by atoms with Crippen LogP contribution in [0.1, 0.15) is 255 Å². The number of rotatable bonds is 31. The third-order valence-electron chi connectivity index (χ3n) is 28.8. The average Bonchev–Trinajstić information content (AvgIpc) is 1.40. The van der Waals surface area contributed by atoms with E-state index in [1.54, 1.807) is 6.92 Å². The number of fused-ring (bicyclic) bond motifs is 10. The number of allylic oxidation sites excluding steroid dienone is 2. The third kappa shape index (κ3) is 17.1. The van der Waals surface area contributed by atoms with E-state index in [0.29, 0.717) is 40.9 Å². The van der Waals surface area contributed by atoms with Crippen molar-refractivity contribution >= 4 is 29.6 Å². The smallest absolute Gasteiger partial charge is 0.306 e. The Morgan fingerprint density at radius 3 is 1.67 bits per heavy atom. The van der Waals surface area contributed by atoms with Crippen LogP contribution in [0.15, 0.2) is 84.0 Å². The molecule has 1 aliphatic heterocycles. The van der Waals surface area contributed by atoms with E-state index in [0.717, 1.165) is 108 Å². The number of ether oxygens (including phenoxy) is 6. The summed E-state index contributed by atoms with van der Waals surface area (Å²) in [5.41, 5.74) is 18.1. The van der Waals surface area contributed by atoms with Crippen LogP contribution < -0.4 is 16.8 Å². The van der Waals surface area contributed by atoms with Gasteiger partial charge in [0.1, 0.15) is 43.6 Å². The van der Waals surface area contributed by atoms with Crippen LogP contribution in [0.25, 0.3) is 0 Å². The van der Waals surface area contributed by atoms with Gasteiger partial charge in [0.15, 0.2) is 6.29 Å². The summed E-state index contributed by atoms with van der Waals surface area (Å²) in [6.07, 6.45) is 26.2. The van der Waals surface area contributed by atoms with Crippen molar-refractivity contribution in [3.63, 3.8) is 0 Å². The Hall–Kier alpha value is -4.77. The summed E-state index contributed by atoms with van der Waals surface area (Å²) in [6.45, 7) is 27.6. The molecule has 23 atom stereocenters. The van der Waals surface area contributed by atoms with Gasteiger partial charge in [-0.1, -0.05) is 199 Å². The van der Waals surface area contributed by atoms with E-state index < -0.39 is 73.0 Å². The predicted molar refractivity (Wildman–Crippen MR) is 400 cm³/mol. The van der Waals surface area contributed by atoms with Crippen LogP contribution in [0.5, 0.6) is 0 Å². The molecule has 9 aliphatic rings. The van der Waals surface area contributed by atoms with Crippen molar-refractivity contribution < 1.29 is 52.4 Å². The number of benzene rings is 2. The quantitative estimate of drug-likeness (QED) is 0.0476. The lowest BCUT2D eigenvalue weighted by Crippen LogP contribution is -2.67. The molecule has 0 bridgehead atoms. The Morgan fingerprint density at radius 1 is 0.618 bits per heavy atom. The van der Waals surface area contributed by atoms with Gasteiger partial charge < -0.3 is 45.2 Å². The van der Waals surface area contributed by atoms with Crippen LogP contribution in [-0.4, -0.2) is 103 Å². The summed E-state index contributed by atoms with van der Waals surface area (Å²) < 4.78 is 41.6. The van der Waals surface area contributed by atoms with Crippen LogP contribution in [0.4, 0.5) is 0 Å². The first-order valence-corrected chi connectivity index (χ1v) is 40.7. The van der Waals surface area contributed by atoms with Gasteiger partial charge in [-0.15, -0.1) is 0 Å². The largest absolute Gasteiger partial charge is 0.461 e. The lowest BCUT2D eigenvalue weighted by atomic mass is 9.47. The minimum absolute atomic E-state index is 0.00179. The van der Waals surface area contributed by atoms with E-state index in [4.69, 9.17) is 39.9 Å². The highest BCUT2D eigenvalue weighted by atomic mass is 16.7. The molecule has 2 aromatic carbocycles. The number of imide groups is 1. The molecule has 11 rings (SSSR count). The first kappa shape index (κ1) is 78.3. The van der Waals surface area contributed by atoms with Crippen LogP contribution in [0.3, 0.4) is 0 Å². The topological polar surface area (TPSA) is 208 Å². The minimum atomic E-state index is -1.57. The second-order valence-electron chi connectivity index (χ2n) is 35.8. The van der Waals surface area contributed by atoms with Crippen molar-refractivity contribution in [2.24, 2.45) is 104 Å². The van der Waals surface area contributed by atoms with E-state index in [1.807, 2.05) is 60.7 Å². The summed E-state index contributed by atoms with van der Waals surface area (Å²) in [6, 6.07) is 15.2. The van der Waals surface area contributed by atoms with Crippen molar-refractivity contribution in [3.05, 3.63) is 95.1 Å². The maximum absolute atomic E-state index is 15.3. The Labute approximate surface area is 613 Å². The molecule has 7 fully saturated rings. The highest BCUT2D eigenvalue weighted by Crippen LogP contribution is 2.69. The average molecular weight is 1410 g/mol. The summed E-state index contributed by atoms with van der Waals surface area (Å²) in [7, 11) is 0. The summed E-state index contributed by atoms with van der Waals surface area (Å²) in [5.74, 6) is 4.89. The molecule has 0 spiro atoms. The van der Waals surface area contributed by atoms with E-state index in [2.05, 4.69) is 86.7 Å². The molecule has 1 saturated heterocycles. The van der Waals surface area contributed by atoms with E-state index in [9.17, 15) is 19.2 Å². The maximum Gasteiger partial charge on any atom is 0.306 e. The number of carbonyl (C=O) groups excluding carboxylic acids is 5. The molecule has 15 heteroatoms. The van der Waals surface area contributed by atoms with Gasteiger partial charge in [-0.3, -0.25) is 28.9 Å². The molecule has 8 aliphatic carbocycles. The van der Waals surface area contributed by atoms with Crippen molar-refractivity contribution in [2.75, 3.05) is 13.2 Å². The number of amides is 4. The second kappa shape index (κ2) is 34.0. The Balaban J connectivity index is 0.873. The molecule has 5 N–H and O–H groups in total. The summed E-state index contributed by atoms with van der Waals surface area (Å²) in [4.78, 5) is 71.3. The van der Waals surface area contributed by atoms with Gasteiger partial charge >= 0.3 is 5.97 Å². The fraction of sp³-hybridized carbons (Fsp3) is 0.759. The van der Waals surface area contributed by atoms with Gasteiger partial charge in [0, 0.05) is 13.3 Å². The van der Waals surface area contributed by atoms with Crippen molar-refractivity contribution in [2.45, 2.75) is 312 Å². The number of nitrogens with two attached hydrogens (primary N) is 2. The first-order valence-electron chi connectivity index (χ1n) is 40.7. The fourth-order valence-electron chi connectivity index (χ4n) is 23.2. The number of hydrogen-bond acceptors (Lipinski definition) is 12. The molecule has 566 valence electrons. The molecule has 0 radical (unpaired) electrons. The Bertz CT molecular complexity index is 3210. The SMILES string of the molecule is CCC(N)C(=O)N(C(=O)CO[C@H]1[C@@H](NC(C)=O)[C@@H](OCc2ccccc2)O[C@H](CO[C@@H]2CC[C@@]3(C)C(=CCC4C3CC[C@@]3(C)C4CC[C@@H]3[C@H](C)CCCC(C)C)C2)[C@H]1O[C@H]1CC[C@@]2(C)C(=CCC3C2CC[C@@]2(C)C3CC[C@@H]2[C@H](C)CCCC(C)C)C1)[C@H](CCC(=O)OCc1ccccc1)C(N)=O. The number of esters is 1. The highest BCUT2D eigenvalue weighted by Gasteiger charge is 2.62. The number of nitrogens with one attached hydrogen (secondary N) is 1. The molecule has 1 heterocycles. The van der Waals surface area contributed by atoms with Crippen LogP contribution in [-0.2, 0) is 65.6 Å². The molecule has 6 saturated carbocycles. The van der Waals surface area contributed by atoms with Gasteiger partial charge in [0.05, 0.1) is 31.5 Å². The van der Waals surface area contributed by atoms with E-state index in [-0.39, 0.29) is 68.0 Å². The zero-order chi connectivity index (χ0) is 72.8. The van der Waals surface area contributed by atoms with Gasteiger partial charge in [-0.25, -0.2) is 0 Å². The zero-order valence-corrected chi connectivity index (χ0v) is 64.7. The molecule has 0 aromatic heterocycles. The van der Waals surface area contributed by atoms with Gasteiger partial charge in [-0.05, 0) is 219 Å². The van der Waals surface area contributed by atoms with Crippen LogP contribution in [0.2, 0.25) is 0 Å². The van der Waals surface area contributed by atoms with Gasteiger partial charge in [-0.2, -0.15) is 0 Å².